The Labute approximate surface area is 190 Å². The highest BCUT2D eigenvalue weighted by molar-refractivity contribution is 5.99. The van der Waals surface area contributed by atoms with E-state index in [1.54, 1.807) is 31.5 Å². The molecule has 0 N–H and O–H groups in total. The van der Waals surface area contributed by atoms with Gasteiger partial charge in [0.05, 0.1) is 0 Å². The Morgan fingerprint density at radius 3 is 2.24 bits per heavy atom. The van der Waals surface area contributed by atoms with Gasteiger partial charge in [0, 0.05) is 63.7 Å². The van der Waals surface area contributed by atoms with Crippen molar-refractivity contribution in [3.63, 3.8) is 0 Å². The van der Waals surface area contributed by atoms with Crippen LogP contribution < -0.4 is 4.90 Å². The summed E-state index contributed by atoms with van der Waals surface area (Å²) in [6.45, 7) is 4.24. The number of aromatic nitrogens is 4. The SMILES string of the molecule is CC(=O)N1CCN(c2c(-c3ccncc3)c(-c3ccc(F)cc3)c(-c3nnco3)n2C)CC1. The van der Waals surface area contributed by atoms with Gasteiger partial charge in [-0.1, -0.05) is 12.1 Å². The fourth-order valence-electron chi connectivity index (χ4n) is 4.49. The third-order valence-corrected chi connectivity index (χ3v) is 6.05. The van der Waals surface area contributed by atoms with Crippen molar-refractivity contribution in [1.82, 2.24) is 24.6 Å². The minimum Gasteiger partial charge on any atom is -0.422 e. The number of carbonyl (C=O) groups is 1. The number of pyridine rings is 1. The largest absolute Gasteiger partial charge is 0.422 e. The highest BCUT2D eigenvalue weighted by Crippen LogP contribution is 2.47. The van der Waals surface area contributed by atoms with Crippen LogP contribution in [0.3, 0.4) is 0 Å². The van der Waals surface area contributed by atoms with Gasteiger partial charge in [0.15, 0.2) is 0 Å². The molecule has 1 fully saturated rings. The van der Waals surface area contributed by atoms with Crippen LogP contribution in [0.15, 0.2) is 59.6 Å². The smallest absolute Gasteiger partial charge is 0.264 e. The minimum atomic E-state index is -0.305. The summed E-state index contributed by atoms with van der Waals surface area (Å²) in [5, 5.41) is 8.07. The maximum atomic E-state index is 13.8. The van der Waals surface area contributed by atoms with Crippen molar-refractivity contribution in [1.29, 1.82) is 0 Å². The zero-order valence-electron chi connectivity index (χ0n) is 18.4. The van der Waals surface area contributed by atoms with E-state index < -0.39 is 0 Å². The zero-order valence-corrected chi connectivity index (χ0v) is 18.4. The minimum absolute atomic E-state index is 0.0782. The molecule has 1 aliphatic heterocycles. The number of nitrogens with zero attached hydrogens (tertiary/aromatic N) is 6. The summed E-state index contributed by atoms with van der Waals surface area (Å²) >= 11 is 0. The first kappa shape index (κ1) is 20.9. The topological polar surface area (TPSA) is 80.3 Å². The van der Waals surface area contributed by atoms with Crippen molar-refractivity contribution in [3.05, 3.63) is 61.0 Å². The molecule has 8 nitrogen and oxygen atoms in total. The molecule has 9 heteroatoms. The summed E-state index contributed by atoms with van der Waals surface area (Å²) in [4.78, 5) is 20.2. The van der Waals surface area contributed by atoms with Gasteiger partial charge in [-0.2, -0.15) is 0 Å². The molecule has 0 atom stereocenters. The standard InChI is InChI=1S/C24H23FN6O2/c1-16(32)30-11-13-31(14-12-30)24-21(18-7-9-26-10-8-18)20(17-3-5-19(25)6-4-17)22(29(24)2)23-28-27-15-33-23/h3-10,15H,11-14H2,1-2H3. The fourth-order valence-corrected chi connectivity index (χ4v) is 4.49. The van der Waals surface area contributed by atoms with E-state index in [0.29, 0.717) is 32.1 Å². The number of anilines is 1. The Bertz CT molecular complexity index is 1260. The number of rotatable bonds is 4. The summed E-state index contributed by atoms with van der Waals surface area (Å²) < 4.78 is 21.5. The molecule has 0 saturated carbocycles. The van der Waals surface area contributed by atoms with Gasteiger partial charge in [0.25, 0.3) is 5.89 Å². The normalized spacial score (nSPS) is 14.0. The molecule has 4 aromatic rings. The van der Waals surface area contributed by atoms with Gasteiger partial charge in [-0.05, 0) is 35.4 Å². The van der Waals surface area contributed by atoms with Crippen molar-refractivity contribution in [2.45, 2.75) is 6.92 Å². The van der Waals surface area contributed by atoms with Gasteiger partial charge in [-0.3, -0.25) is 9.78 Å². The van der Waals surface area contributed by atoms with Gasteiger partial charge in [0.1, 0.15) is 17.3 Å². The number of benzene rings is 1. The van der Waals surface area contributed by atoms with Crippen LogP contribution in [-0.4, -0.2) is 56.7 Å². The Hall–Kier alpha value is -4.01. The maximum Gasteiger partial charge on any atom is 0.264 e. The highest BCUT2D eigenvalue weighted by atomic mass is 19.1. The summed E-state index contributed by atoms with van der Waals surface area (Å²) in [6, 6.07) is 10.3. The van der Waals surface area contributed by atoms with E-state index in [0.717, 1.165) is 33.8 Å². The van der Waals surface area contributed by atoms with Crippen molar-refractivity contribution in [2.75, 3.05) is 31.1 Å². The molecule has 1 aromatic carbocycles. The molecule has 0 spiro atoms. The third-order valence-electron chi connectivity index (χ3n) is 6.05. The Kier molecular flexibility index (Phi) is 5.37. The molecule has 4 heterocycles. The Morgan fingerprint density at radius 2 is 1.64 bits per heavy atom. The number of piperazine rings is 1. The van der Waals surface area contributed by atoms with Crippen LogP contribution in [0.1, 0.15) is 6.92 Å². The van der Waals surface area contributed by atoms with Gasteiger partial charge in [-0.25, -0.2) is 4.39 Å². The number of amides is 1. The molecule has 1 aliphatic rings. The lowest BCUT2D eigenvalue weighted by Crippen LogP contribution is -2.48. The molecule has 3 aromatic heterocycles. The number of carbonyl (C=O) groups excluding carboxylic acids is 1. The zero-order chi connectivity index (χ0) is 22.9. The molecule has 33 heavy (non-hydrogen) atoms. The van der Waals surface area contributed by atoms with Crippen molar-refractivity contribution >= 4 is 11.7 Å². The number of hydrogen-bond donors (Lipinski definition) is 0. The van der Waals surface area contributed by atoms with Crippen LogP contribution in [0, 0.1) is 5.82 Å². The Balaban J connectivity index is 1.76. The van der Waals surface area contributed by atoms with Crippen molar-refractivity contribution < 1.29 is 13.6 Å². The van der Waals surface area contributed by atoms with Gasteiger partial charge in [0.2, 0.25) is 12.3 Å². The summed E-state index contributed by atoms with van der Waals surface area (Å²) in [5.74, 6) is 1.12. The van der Waals surface area contributed by atoms with Crippen LogP contribution in [0.5, 0.6) is 0 Å². The second-order valence-corrected chi connectivity index (χ2v) is 7.96. The van der Waals surface area contributed by atoms with Gasteiger partial charge < -0.3 is 18.8 Å². The second kappa shape index (κ2) is 8.50. The molecular weight excluding hydrogens is 423 g/mol. The predicted octanol–water partition coefficient (Wildman–Crippen LogP) is 3.61. The maximum absolute atomic E-state index is 13.8. The van der Waals surface area contributed by atoms with Gasteiger partial charge >= 0.3 is 0 Å². The second-order valence-electron chi connectivity index (χ2n) is 7.96. The van der Waals surface area contributed by atoms with E-state index in [-0.39, 0.29) is 11.7 Å². The molecule has 0 unspecified atom stereocenters. The highest BCUT2D eigenvalue weighted by Gasteiger charge is 2.31. The predicted molar refractivity (Wildman–Crippen MR) is 122 cm³/mol. The van der Waals surface area contributed by atoms with Crippen LogP contribution in [-0.2, 0) is 11.8 Å². The molecule has 1 amide bonds. The van der Waals surface area contributed by atoms with E-state index in [1.807, 2.05) is 28.6 Å². The lowest BCUT2D eigenvalue weighted by molar-refractivity contribution is -0.129. The van der Waals surface area contributed by atoms with Crippen molar-refractivity contribution in [2.24, 2.45) is 7.05 Å². The molecule has 0 radical (unpaired) electrons. The summed E-state index contributed by atoms with van der Waals surface area (Å²) in [6.07, 6.45) is 4.80. The molecule has 0 bridgehead atoms. The first-order valence-electron chi connectivity index (χ1n) is 10.7. The third kappa shape index (κ3) is 3.75. The first-order chi connectivity index (χ1) is 16.0. The number of halogens is 1. The van der Waals surface area contributed by atoms with E-state index in [2.05, 4.69) is 20.1 Å². The van der Waals surface area contributed by atoms with E-state index in [9.17, 15) is 9.18 Å². The van der Waals surface area contributed by atoms with E-state index in [1.165, 1.54) is 18.5 Å². The average molecular weight is 446 g/mol. The monoisotopic (exact) mass is 446 g/mol. The molecule has 0 aliphatic carbocycles. The molecule has 168 valence electrons. The van der Waals surface area contributed by atoms with Crippen LogP contribution in [0.25, 0.3) is 33.8 Å². The summed E-state index contributed by atoms with van der Waals surface area (Å²) in [5.41, 5.74) is 4.39. The Morgan fingerprint density at radius 1 is 0.970 bits per heavy atom. The molecule has 1 saturated heterocycles. The average Bonchev–Trinajstić information content (AvgIpc) is 3.46. The fraction of sp³-hybridized carbons (Fsp3) is 0.250. The van der Waals surface area contributed by atoms with Crippen LogP contribution >= 0.6 is 0 Å². The number of hydrogen-bond acceptors (Lipinski definition) is 6. The quantitative estimate of drug-likeness (QED) is 0.477. The molecular formula is C24H23FN6O2. The van der Waals surface area contributed by atoms with Gasteiger partial charge in [-0.15, -0.1) is 10.2 Å². The van der Waals surface area contributed by atoms with E-state index >= 15 is 0 Å². The van der Waals surface area contributed by atoms with Crippen LogP contribution in [0.2, 0.25) is 0 Å². The van der Waals surface area contributed by atoms with Crippen molar-refractivity contribution in [3.8, 4) is 33.8 Å². The first-order valence-corrected chi connectivity index (χ1v) is 10.7. The summed E-state index contributed by atoms with van der Waals surface area (Å²) in [7, 11) is 1.96. The van der Waals surface area contributed by atoms with E-state index in [4.69, 9.17) is 4.42 Å². The lowest BCUT2D eigenvalue weighted by Gasteiger charge is -2.36. The lowest BCUT2D eigenvalue weighted by atomic mass is 9.96. The molecule has 5 rings (SSSR count). The van der Waals surface area contributed by atoms with Crippen LogP contribution in [0.4, 0.5) is 10.2 Å².